The Balaban J connectivity index is 2.58. The fraction of sp³-hybridized carbons (Fsp3) is 0.909. The number of hydrogen-bond donors (Lipinski definition) is 0. The molecule has 0 N–H and O–H groups in total. The summed E-state index contributed by atoms with van der Waals surface area (Å²) in [7, 11) is -3.12. The van der Waals surface area contributed by atoms with Gasteiger partial charge in [-0.15, -0.1) is 0 Å². The lowest BCUT2D eigenvalue weighted by Gasteiger charge is -2.21. The third kappa shape index (κ3) is 3.59. The summed E-state index contributed by atoms with van der Waals surface area (Å²) in [5.41, 5.74) is 0. The van der Waals surface area contributed by atoms with Crippen molar-refractivity contribution in [2.45, 2.75) is 51.2 Å². The van der Waals surface area contributed by atoms with Crippen LogP contribution in [0.3, 0.4) is 0 Å². The Morgan fingerprint density at radius 3 is 2.53 bits per heavy atom. The molecule has 1 saturated heterocycles. The highest BCUT2D eigenvalue weighted by Gasteiger charge is 2.33. The van der Waals surface area contributed by atoms with Crippen LogP contribution >= 0.6 is 0 Å². The Morgan fingerprint density at radius 1 is 1.33 bits per heavy atom. The van der Waals surface area contributed by atoms with Gasteiger partial charge in [0.15, 0.2) is 15.6 Å². The smallest absolute Gasteiger partial charge is 0.160 e. The van der Waals surface area contributed by atoms with Crippen LogP contribution in [0, 0.1) is 5.92 Å². The molecule has 88 valence electrons. The van der Waals surface area contributed by atoms with E-state index < -0.39 is 15.1 Å². The number of sulfone groups is 1. The summed E-state index contributed by atoms with van der Waals surface area (Å²) >= 11 is 0. The first kappa shape index (κ1) is 12.7. The van der Waals surface area contributed by atoms with Crippen molar-refractivity contribution >= 4 is 15.6 Å². The molecule has 0 saturated carbocycles. The van der Waals surface area contributed by atoms with E-state index in [-0.39, 0.29) is 11.5 Å². The first-order valence-electron chi connectivity index (χ1n) is 5.68. The van der Waals surface area contributed by atoms with Gasteiger partial charge in [0.25, 0.3) is 0 Å². The number of carbonyl (C=O) groups is 1. The number of hydrogen-bond acceptors (Lipinski definition) is 3. The van der Waals surface area contributed by atoms with Gasteiger partial charge in [-0.1, -0.05) is 20.3 Å². The molecule has 0 aromatic rings. The Morgan fingerprint density at radius 2 is 2.00 bits per heavy atom. The van der Waals surface area contributed by atoms with E-state index in [1.807, 2.05) is 13.8 Å². The van der Waals surface area contributed by atoms with E-state index in [1.54, 1.807) is 0 Å². The number of rotatable bonds is 4. The van der Waals surface area contributed by atoms with Crippen LogP contribution in [0.4, 0.5) is 0 Å². The van der Waals surface area contributed by atoms with E-state index in [2.05, 4.69) is 0 Å². The van der Waals surface area contributed by atoms with E-state index in [1.165, 1.54) is 0 Å². The molecule has 0 bridgehead atoms. The summed E-state index contributed by atoms with van der Waals surface area (Å²) < 4.78 is 23.3. The van der Waals surface area contributed by atoms with Crippen molar-refractivity contribution < 1.29 is 13.2 Å². The predicted molar refractivity (Wildman–Crippen MR) is 60.5 cm³/mol. The van der Waals surface area contributed by atoms with Gasteiger partial charge in [0, 0.05) is 6.42 Å². The van der Waals surface area contributed by atoms with Crippen molar-refractivity contribution in [3.63, 3.8) is 0 Å². The van der Waals surface area contributed by atoms with Crippen molar-refractivity contribution in [3.8, 4) is 0 Å². The van der Waals surface area contributed by atoms with Crippen LogP contribution in [0.15, 0.2) is 0 Å². The first-order chi connectivity index (χ1) is 6.93. The highest BCUT2D eigenvalue weighted by Crippen LogP contribution is 2.22. The van der Waals surface area contributed by atoms with Crippen LogP contribution < -0.4 is 0 Å². The fourth-order valence-corrected chi connectivity index (χ4v) is 3.84. The summed E-state index contributed by atoms with van der Waals surface area (Å²) in [5.74, 6) is 0.592. The molecule has 1 atom stereocenters. The number of Topliss-reactive ketones (excluding diaryl/α,β-unsaturated/α-hetero) is 1. The van der Waals surface area contributed by atoms with E-state index in [9.17, 15) is 13.2 Å². The van der Waals surface area contributed by atoms with Crippen molar-refractivity contribution in [1.82, 2.24) is 0 Å². The van der Waals surface area contributed by atoms with Gasteiger partial charge in [0.05, 0.1) is 5.75 Å². The van der Waals surface area contributed by atoms with E-state index in [0.29, 0.717) is 18.8 Å². The second kappa shape index (κ2) is 5.10. The van der Waals surface area contributed by atoms with Crippen LogP contribution in [-0.4, -0.2) is 25.2 Å². The molecule has 1 heterocycles. The Hall–Kier alpha value is -0.380. The van der Waals surface area contributed by atoms with Gasteiger partial charge in [0.1, 0.15) is 5.25 Å². The van der Waals surface area contributed by atoms with Gasteiger partial charge in [0.2, 0.25) is 0 Å². The van der Waals surface area contributed by atoms with E-state index in [4.69, 9.17) is 0 Å². The fourth-order valence-electron chi connectivity index (χ4n) is 1.91. The molecule has 1 unspecified atom stereocenters. The number of carbonyl (C=O) groups excluding carboxylic acids is 1. The van der Waals surface area contributed by atoms with Gasteiger partial charge in [-0.2, -0.15) is 0 Å². The Bertz CT molecular complexity index is 317. The summed E-state index contributed by atoms with van der Waals surface area (Å²) in [5, 5.41) is -0.690. The molecular formula is C11H20O3S. The lowest BCUT2D eigenvalue weighted by atomic mass is 10.0. The normalized spacial score (nSPS) is 25.4. The third-order valence-electron chi connectivity index (χ3n) is 2.91. The lowest BCUT2D eigenvalue weighted by Crippen LogP contribution is -2.35. The van der Waals surface area contributed by atoms with Crippen LogP contribution in [0.2, 0.25) is 0 Å². The van der Waals surface area contributed by atoms with Crippen molar-refractivity contribution in [2.24, 2.45) is 5.92 Å². The molecule has 1 fully saturated rings. The molecule has 0 radical (unpaired) electrons. The lowest BCUT2D eigenvalue weighted by molar-refractivity contribution is -0.119. The maximum atomic E-state index is 11.7. The van der Waals surface area contributed by atoms with Gasteiger partial charge in [-0.05, 0) is 25.2 Å². The highest BCUT2D eigenvalue weighted by molar-refractivity contribution is 7.92. The molecule has 0 aromatic heterocycles. The third-order valence-corrected chi connectivity index (χ3v) is 5.13. The predicted octanol–water partition coefficient (Wildman–Crippen LogP) is 1.96. The second-order valence-corrected chi connectivity index (χ2v) is 7.05. The van der Waals surface area contributed by atoms with Gasteiger partial charge >= 0.3 is 0 Å². The van der Waals surface area contributed by atoms with Crippen LogP contribution in [0.5, 0.6) is 0 Å². The largest absolute Gasteiger partial charge is 0.298 e. The number of ketones is 1. The molecule has 15 heavy (non-hydrogen) atoms. The minimum atomic E-state index is -3.12. The molecular weight excluding hydrogens is 212 g/mol. The average Bonchev–Trinajstić information content (AvgIpc) is 2.13. The van der Waals surface area contributed by atoms with E-state index >= 15 is 0 Å². The maximum Gasteiger partial charge on any atom is 0.160 e. The minimum absolute atomic E-state index is 0.0663. The molecule has 1 aliphatic rings. The molecule has 0 amide bonds. The van der Waals surface area contributed by atoms with Crippen LogP contribution in [-0.2, 0) is 14.6 Å². The molecule has 1 rings (SSSR count). The molecule has 0 spiro atoms. The average molecular weight is 232 g/mol. The Labute approximate surface area is 92.2 Å². The SMILES string of the molecule is CC(C)CCC(=O)C1CCCCS1(=O)=O. The molecule has 3 nitrogen and oxygen atoms in total. The monoisotopic (exact) mass is 232 g/mol. The van der Waals surface area contributed by atoms with Gasteiger partial charge in [-0.25, -0.2) is 8.42 Å². The zero-order chi connectivity index (χ0) is 11.5. The maximum absolute atomic E-state index is 11.7. The summed E-state index contributed by atoms with van der Waals surface area (Å²) in [6.45, 7) is 4.09. The van der Waals surface area contributed by atoms with Crippen molar-refractivity contribution in [2.75, 3.05) is 5.75 Å². The Kier molecular flexibility index (Phi) is 4.32. The summed E-state index contributed by atoms with van der Waals surface area (Å²) in [6.07, 6.45) is 3.35. The van der Waals surface area contributed by atoms with Crippen LogP contribution in [0.25, 0.3) is 0 Å². The molecule has 0 aliphatic carbocycles. The van der Waals surface area contributed by atoms with E-state index in [0.717, 1.165) is 19.3 Å². The summed E-state index contributed by atoms with van der Waals surface area (Å²) in [4.78, 5) is 11.7. The first-order valence-corrected chi connectivity index (χ1v) is 7.39. The quantitative estimate of drug-likeness (QED) is 0.744. The van der Waals surface area contributed by atoms with Crippen molar-refractivity contribution in [3.05, 3.63) is 0 Å². The zero-order valence-electron chi connectivity index (χ0n) is 9.53. The second-order valence-electron chi connectivity index (χ2n) is 4.75. The van der Waals surface area contributed by atoms with Crippen molar-refractivity contribution in [1.29, 1.82) is 0 Å². The molecule has 1 aliphatic heterocycles. The van der Waals surface area contributed by atoms with Gasteiger partial charge in [-0.3, -0.25) is 4.79 Å². The minimum Gasteiger partial charge on any atom is -0.298 e. The standard InChI is InChI=1S/C11H20O3S/c1-9(2)6-7-10(12)11-5-3-4-8-15(11,13)14/h9,11H,3-8H2,1-2H3. The topological polar surface area (TPSA) is 51.2 Å². The highest BCUT2D eigenvalue weighted by atomic mass is 32.2. The zero-order valence-corrected chi connectivity index (χ0v) is 10.3. The molecule has 0 aromatic carbocycles. The van der Waals surface area contributed by atoms with Gasteiger partial charge < -0.3 is 0 Å². The summed E-state index contributed by atoms with van der Waals surface area (Å²) in [6, 6.07) is 0. The van der Waals surface area contributed by atoms with Crippen LogP contribution in [0.1, 0.15) is 46.0 Å². The molecule has 4 heteroatoms.